The molecule has 0 radical (unpaired) electrons. The molecule has 0 aromatic carbocycles. The van der Waals surface area contributed by atoms with Gasteiger partial charge in [0.25, 0.3) is 18.7 Å². The molecule has 0 saturated carbocycles. The van der Waals surface area contributed by atoms with Gasteiger partial charge in [0.15, 0.2) is 10.8 Å². The average molecular weight is 576 g/mol. The number of β-lactam (4-membered cyclic amide) rings is 1. The van der Waals surface area contributed by atoms with Gasteiger partial charge in [-0.2, -0.15) is 0 Å². The van der Waals surface area contributed by atoms with Gasteiger partial charge in [-0.25, -0.2) is 19.0 Å². The van der Waals surface area contributed by atoms with E-state index in [1.807, 2.05) is 0 Å². The number of nitrogens with zero attached hydrogens (tertiary/aromatic N) is 3. The van der Waals surface area contributed by atoms with Gasteiger partial charge in [0.1, 0.15) is 28.4 Å². The van der Waals surface area contributed by atoms with Crippen molar-refractivity contribution < 1.29 is 38.2 Å². The third-order valence-electron chi connectivity index (χ3n) is 4.67. The van der Waals surface area contributed by atoms with Crippen molar-refractivity contribution in [1.29, 1.82) is 0 Å². The van der Waals surface area contributed by atoms with Crippen LogP contribution in [-0.4, -0.2) is 80.1 Å². The van der Waals surface area contributed by atoms with Crippen LogP contribution in [0.25, 0.3) is 0 Å². The van der Waals surface area contributed by atoms with Crippen molar-refractivity contribution in [3.05, 3.63) is 34.5 Å². The maximum absolute atomic E-state index is 13.0. The number of anilines is 1. The molecule has 37 heavy (non-hydrogen) atoms. The van der Waals surface area contributed by atoms with E-state index in [-0.39, 0.29) is 28.2 Å². The zero-order valence-electron chi connectivity index (χ0n) is 19.8. The Hall–Kier alpha value is -3.17. The predicted molar refractivity (Wildman–Crippen MR) is 135 cm³/mol. The second kappa shape index (κ2) is 11.9. The van der Waals surface area contributed by atoms with E-state index in [0.717, 1.165) is 16.2 Å². The molecule has 16 heteroatoms. The number of ether oxygens (including phenoxy) is 1. The van der Waals surface area contributed by atoms with Gasteiger partial charge in [-0.3, -0.25) is 19.8 Å². The molecule has 3 amide bonds. The summed E-state index contributed by atoms with van der Waals surface area (Å²) in [5.41, 5.74) is -1.02. The number of hydrogen-bond acceptors (Lipinski definition) is 10. The van der Waals surface area contributed by atoms with E-state index in [1.165, 1.54) is 17.1 Å². The first kappa shape index (κ1) is 28.4. The molecule has 1 fully saturated rings. The van der Waals surface area contributed by atoms with E-state index in [2.05, 4.69) is 25.6 Å². The number of amides is 3. The lowest BCUT2D eigenvalue weighted by molar-refractivity contribution is -0.150. The number of aliphatic carboxylic acids is 1. The molecule has 1 aromatic heterocycles. The van der Waals surface area contributed by atoms with Crippen molar-refractivity contribution in [3.8, 4) is 0 Å². The van der Waals surface area contributed by atoms with Gasteiger partial charge >= 0.3 is 12.1 Å². The highest BCUT2D eigenvalue weighted by Gasteiger charge is 2.54. The minimum absolute atomic E-state index is 0.0541. The minimum atomic E-state index is -1.33. The van der Waals surface area contributed by atoms with E-state index in [4.69, 9.17) is 16.3 Å². The molecule has 2 aliphatic heterocycles. The van der Waals surface area contributed by atoms with E-state index in [9.17, 15) is 28.7 Å². The van der Waals surface area contributed by atoms with E-state index >= 15 is 0 Å². The lowest BCUT2D eigenvalue weighted by Gasteiger charge is -2.49. The lowest BCUT2D eigenvalue weighted by atomic mass is 10.0. The number of thiazole rings is 1. The van der Waals surface area contributed by atoms with Gasteiger partial charge in [0.05, 0.1) is 0 Å². The summed E-state index contributed by atoms with van der Waals surface area (Å²) in [5, 5.41) is 18.8. The van der Waals surface area contributed by atoms with Crippen LogP contribution >= 0.6 is 34.7 Å². The third kappa shape index (κ3) is 6.78. The fourth-order valence-corrected chi connectivity index (χ4v) is 5.38. The number of thioether (sulfide) groups is 1. The van der Waals surface area contributed by atoms with Crippen LogP contribution in [0.4, 0.5) is 14.3 Å². The number of carbonyl (C=O) groups is 4. The van der Waals surface area contributed by atoms with E-state index < -0.39 is 53.5 Å². The van der Waals surface area contributed by atoms with E-state index in [0.29, 0.717) is 5.57 Å². The Balaban J connectivity index is 1.75. The third-order valence-corrected chi connectivity index (χ3v) is 6.91. The molecule has 3 N–H and O–H groups in total. The molecule has 0 bridgehead atoms. The number of carbonyl (C=O) groups excluding carboxylic acids is 3. The minimum Gasteiger partial charge on any atom is -0.477 e. The summed E-state index contributed by atoms with van der Waals surface area (Å²) >= 11 is 7.84. The number of rotatable bonds is 9. The van der Waals surface area contributed by atoms with Gasteiger partial charge in [-0.1, -0.05) is 17.3 Å². The first-order valence-corrected chi connectivity index (χ1v) is 13.1. The van der Waals surface area contributed by atoms with Gasteiger partial charge in [-0.15, -0.1) is 34.7 Å². The molecular formula is C21H23ClFN5O7S2. The Bertz CT molecular complexity index is 1180. The zero-order valence-corrected chi connectivity index (χ0v) is 22.2. The van der Waals surface area contributed by atoms with Crippen LogP contribution in [0.3, 0.4) is 0 Å². The molecule has 12 nitrogen and oxygen atoms in total. The zero-order chi connectivity index (χ0) is 27.3. The summed E-state index contributed by atoms with van der Waals surface area (Å²) in [6.07, 6.45) is 2.34. The number of carboxylic acid groups (broad SMARTS) is 1. The first-order chi connectivity index (χ1) is 17.5. The van der Waals surface area contributed by atoms with Crippen molar-refractivity contribution >= 4 is 69.4 Å². The molecule has 0 aliphatic carbocycles. The molecule has 3 heterocycles. The lowest BCUT2D eigenvalue weighted by Crippen LogP contribution is -2.71. The summed E-state index contributed by atoms with van der Waals surface area (Å²) in [5.74, 6) is -2.39. The van der Waals surface area contributed by atoms with Crippen molar-refractivity contribution in [2.45, 2.75) is 37.8 Å². The molecule has 1 aromatic rings. The SMILES string of the molecule is CC(C)(C)OC(=O)Nc1nc(C(=NOCF)C(=O)N[C@@H]2C(=O)N3C(C(=O)O)=C(C=CCCl)CS[C@@H]23)cs1. The topological polar surface area (TPSA) is 160 Å². The number of carboxylic acids is 1. The van der Waals surface area contributed by atoms with Crippen molar-refractivity contribution in [3.63, 3.8) is 0 Å². The quantitative estimate of drug-likeness (QED) is 0.174. The molecule has 3 rings (SSSR count). The monoisotopic (exact) mass is 575 g/mol. The van der Waals surface area contributed by atoms with Gasteiger partial charge in [0, 0.05) is 17.0 Å². The summed E-state index contributed by atoms with van der Waals surface area (Å²) < 4.78 is 17.8. The fraction of sp³-hybridized carbons (Fsp3) is 0.429. The molecular weight excluding hydrogens is 553 g/mol. The van der Waals surface area contributed by atoms with Gasteiger partial charge in [0.2, 0.25) is 0 Å². The highest BCUT2D eigenvalue weighted by molar-refractivity contribution is 8.00. The summed E-state index contributed by atoms with van der Waals surface area (Å²) in [4.78, 5) is 59.2. The predicted octanol–water partition coefficient (Wildman–Crippen LogP) is 2.67. The molecule has 0 spiro atoms. The highest BCUT2D eigenvalue weighted by Crippen LogP contribution is 2.40. The summed E-state index contributed by atoms with van der Waals surface area (Å²) in [6.45, 7) is 3.72. The van der Waals surface area contributed by atoms with E-state index in [1.54, 1.807) is 32.9 Å². The highest BCUT2D eigenvalue weighted by atomic mass is 35.5. The van der Waals surface area contributed by atoms with Crippen LogP contribution < -0.4 is 10.6 Å². The fourth-order valence-electron chi connectivity index (χ4n) is 3.29. The Labute approximate surface area is 223 Å². The average Bonchev–Trinajstić information content (AvgIpc) is 3.27. The number of allylic oxidation sites excluding steroid dienone is 2. The van der Waals surface area contributed by atoms with Gasteiger partial charge in [-0.05, 0) is 26.3 Å². The van der Waals surface area contributed by atoms with Crippen molar-refractivity contribution in [2.75, 3.05) is 23.8 Å². The Kier molecular flexibility index (Phi) is 9.15. The van der Waals surface area contributed by atoms with Crippen molar-refractivity contribution in [1.82, 2.24) is 15.2 Å². The van der Waals surface area contributed by atoms with Crippen molar-refractivity contribution in [2.24, 2.45) is 5.16 Å². The standard InChI is InChI=1S/C21H23ClFN5O7S2/c1-21(2,3)35-20(33)26-19-24-11(8-37-19)12(27-34-9-23)15(29)25-13-16(30)28-14(18(31)32)10(5-4-6-22)7-36-17(13)28/h4-5,8,13,17H,6-7,9H2,1-3H3,(H,25,29)(H,31,32)(H,24,26,33)/t13-,17+/m1/s1. The van der Waals surface area contributed by atoms with Crippen LogP contribution in [-0.2, 0) is 24.0 Å². The number of oxime groups is 1. The number of halogens is 2. The second-order valence-electron chi connectivity index (χ2n) is 8.44. The Morgan fingerprint density at radius 1 is 1.41 bits per heavy atom. The van der Waals surface area contributed by atoms with Crippen LogP contribution in [0.5, 0.6) is 0 Å². The molecule has 1 saturated heterocycles. The second-order valence-corrected chi connectivity index (χ2v) is 10.7. The molecule has 2 atom stereocenters. The van der Waals surface area contributed by atoms with Crippen LogP contribution in [0.1, 0.15) is 26.5 Å². The Morgan fingerprint density at radius 3 is 2.76 bits per heavy atom. The summed E-state index contributed by atoms with van der Waals surface area (Å²) in [7, 11) is 0. The molecule has 0 unspecified atom stereocenters. The van der Waals surface area contributed by atoms with Crippen LogP contribution in [0.15, 0.2) is 34.0 Å². The molecule has 200 valence electrons. The maximum atomic E-state index is 13.0. The Morgan fingerprint density at radius 2 is 2.14 bits per heavy atom. The number of alkyl halides is 2. The normalized spacial score (nSPS) is 19.9. The van der Waals surface area contributed by atoms with Crippen LogP contribution in [0, 0.1) is 0 Å². The molecule has 2 aliphatic rings. The maximum Gasteiger partial charge on any atom is 0.413 e. The number of nitrogens with one attached hydrogen (secondary N) is 2. The number of aromatic nitrogens is 1. The summed E-state index contributed by atoms with van der Waals surface area (Å²) in [6, 6.07) is -1.07. The first-order valence-electron chi connectivity index (χ1n) is 10.6. The van der Waals surface area contributed by atoms with Crippen LogP contribution in [0.2, 0.25) is 0 Å². The number of hydrogen-bond donors (Lipinski definition) is 3. The largest absolute Gasteiger partial charge is 0.477 e. The smallest absolute Gasteiger partial charge is 0.413 e. The number of fused-ring (bicyclic) bond motifs is 1. The van der Waals surface area contributed by atoms with Gasteiger partial charge < -0.3 is 20.0 Å².